The zero-order valence-electron chi connectivity index (χ0n) is 12.9. The van der Waals surface area contributed by atoms with Gasteiger partial charge >= 0.3 is 23.9 Å². The highest BCUT2D eigenvalue weighted by Crippen LogP contribution is 2.71. The second kappa shape index (κ2) is 4.02. The van der Waals surface area contributed by atoms with Gasteiger partial charge in [-0.1, -0.05) is 13.8 Å². The molecule has 0 radical (unpaired) electrons. The lowest BCUT2D eigenvalue weighted by atomic mass is 9.35. The van der Waals surface area contributed by atoms with Crippen molar-refractivity contribution in [2.45, 2.75) is 20.3 Å². The molecule has 2 aliphatic heterocycles. The molecule has 9 unspecified atom stereocenters. The molecule has 6 rings (SSSR count). The molecule has 0 spiro atoms. The monoisotopic (exact) mass is 318 g/mol. The van der Waals surface area contributed by atoms with Crippen LogP contribution in [0.5, 0.6) is 0 Å². The van der Waals surface area contributed by atoms with Crippen molar-refractivity contribution in [3.8, 4) is 0 Å². The lowest BCUT2D eigenvalue weighted by Gasteiger charge is -2.64. The Morgan fingerprint density at radius 1 is 0.739 bits per heavy atom. The van der Waals surface area contributed by atoms with Gasteiger partial charge in [0, 0.05) is 0 Å². The number of cyclic esters (lactones) is 4. The van der Waals surface area contributed by atoms with Gasteiger partial charge in [0.1, 0.15) is 0 Å². The fraction of sp³-hybridized carbons (Fsp3) is 0.765. The second-order valence-electron chi connectivity index (χ2n) is 8.12. The molecule has 0 aromatic heterocycles. The van der Waals surface area contributed by atoms with E-state index in [1.165, 1.54) is 0 Å². The van der Waals surface area contributed by atoms with E-state index in [0.29, 0.717) is 5.92 Å². The Morgan fingerprint density at radius 2 is 1.22 bits per heavy atom. The minimum Gasteiger partial charge on any atom is -0.393 e. The average molecular weight is 318 g/mol. The molecule has 23 heavy (non-hydrogen) atoms. The third kappa shape index (κ3) is 1.37. The number of hydrogen-bond acceptors (Lipinski definition) is 6. The predicted octanol–water partition coefficient (Wildman–Crippen LogP) is 0.786. The smallest absolute Gasteiger partial charge is 0.317 e. The molecule has 2 heterocycles. The number of fused-ring (bicyclic) bond motifs is 2. The molecule has 0 aromatic carbocycles. The van der Waals surface area contributed by atoms with E-state index in [1.54, 1.807) is 0 Å². The fourth-order valence-electron chi connectivity index (χ4n) is 6.59. The maximum absolute atomic E-state index is 12.3. The quantitative estimate of drug-likeness (QED) is 0.525. The SMILES string of the molecule is CC(C)C1CC2C3C(=O)OC(=O)C3C1C1C3C(=O)OC(=O)C3C21. The number of ether oxygens (including phenoxy) is 2. The van der Waals surface area contributed by atoms with Gasteiger partial charge in [0.25, 0.3) is 0 Å². The molecule has 6 fully saturated rings. The molecule has 6 nitrogen and oxygen atoms in total. The van der Waals surface area contributed by atoms with Gasteiger partial charge in [-0.15, -0.1) is 0 Å². The van der Waals surface area contributed by atoms with Crippen LogP contribution in [0.25, 0.3) is 0 Å². The molecule has 2 saturated heterocycles. The Morgan fingerprint density at radius 3 is 1.78 bits per heavy atom. The van der Waals surface area contributed by atoms with Crippen molar-refractivity contribution in [3.05, 3.63) is 0 Å². The van der Waals surface area contributed by atoms with Crippen molar-refractivity contribution in [1.82, 2.24) is 0 Å². The van der Waals surface area contributed by atoms with Gasteiger partial charge in [0.2, 0.25) is 0 Å². The molecule has 4 aliphatic carbocycles. The lowest BCUT2D eigenvalue weighted by molar-refractivity contribution is -0.210. The van der Waals surface area contributed by atoms with Crippen LogP contribution >= 0.6 is 0 Å². The van der Waals surface area contributed by atoms with Crippen LogP contribution in [0.2, 0.25) is 0 Å². The van der Waals surface area contributed by atoms with Crippen LogP contribution in [0, 0.1) is 59.2 Å². The Labute approximate surface area is 132 Å². The van der Waals surface area contributed by atoms with Gasteiger partial charge in [-0.2, -0.15) is 0 Å². The molecule has 0 amide bonds. The Balaban J connectivity index is 1.63. The van der Waals surface area contributed by atoms with E-state index >= 15 is 0 Å². The minimum atomic E-state index is -0.441. The van der Waals surface area contributed by atoms with Crippen molar-refractivity contribution in [1.29, 1.82) is 0 Å². The highest BCUT2D eigenvalue weighted by atomic mass is 16.6. The van der Waals surface area contributed by atoms with Crippen LogP contribution < -0.4 is 0 Å². The van der Waals surface area contributed by atoms with E-state index in [0.717, 1.165) is 6.42 Å². The predicted molar refractivity (Wildman–Crippen MR) is 73.1 cm³/mol. The summed E-state index contributed by atoms with van der Waals surface area (Å²) in [4.78, 5) is 48.5. The van der Waals surface area contributed by atoms with Crippen LogP contribution in [-0.4, -0.2) is 23.9 Å². The zero-order valence-corrected chi connectivity index (χ0v) is 12.9. The molecule has 122 valence electrons. The molecule has 6 heteroatoms. The average Bonchev–Trinajstić information content (AvgIpc) is 2.87. The fourth-order valence-corrected chi connectivity index (χ4v) is 6.59. The van der Waals surface area contributed by atoms with Gasteiger partial charge in [0.15, 0.2) is 0 Å². The Kier molecular flexibility index (Phi) is 2.40. The summed E-state index contributed by atoms with van der Waals surface area (Å²) < 4.78 is 9.80. The molecule has 6 aliphatic rings. The first-order valence-electron chi connectivity index (χ1n) is 8.43. The van der Waals surface area contributed by atoms with Gasteiger partial charge < -0.3 is 9.47 Å². The van der Waals surface area contributed by atoms with Crippen LogP contribution in [0.15, 0.2) is 0 Å². The van der Waals surface area contributed by atoms with Crippen LogP contribution in [0.1, 0.15) is 20.3 Å². The highest BCUT2D eigenvalue weighted by Gasteiger charge is 2.77. The van der Waals surface area contributed by atoms with Gasteiger partial charge in [-0.05, 0) is 41.9 Å². The third-order valence-electron chi connectivity index (χ3n) is 7.25. The summed E-state index contributed by atoms with van der Waals surface area (Å²) in [5.41, 5.74) is 0. The molecular weight excluding hydrogens is 300 g/mol. The maximum Gasteiger partial charge on any atom is 0.317 e. The number of hydrogen-bond donors (Lipinski definition) is 0. The summed E-state index contributed by atoms with van der Waals surface area (Å²) in [5.74, 6) is -2.87. The molecular formula is C17H18O6. The first kappa shape index (κ1) is 13.7. The van der Waals surface area contributed by atoms with Crippen LogP contribution in [-0.2, 0) is 28.7 Å². The first-order valence-corrected chi connectivity index (χ1v) is 8.43. The molecule has 4 saturated carbocycles. The van der Waals surface area contributed by atoms with Crippen molar-refractivity contribution >= 4 is 23.9 Å². The van der Waals surface area contributed by atoms with E-state index in [9.17, 15) is 19.2 Å². The number of esters is 4. The molecule has 0 N–H and O–H groups in total. The first-order chi connectivity index (χ1) is 10.9. The highest BCUT2D eigenvalue weighted by molar-refractivity contribution is 6.01. The summed E-state index contributed by atoms with van der Waals surface area (Å²) in [6.07, 6.45) is 0.831. The van der Waals surface area contributed by atoms with Gasteiger partial charge in [-0.25, -0.2) is 0 Å². The van der Waals surface area contributed by atoms with Crippen LogP contribution in [0.4, 0.5) is 0 Å². The van der Waals surface area contributed by atoms with Crippen molar-refractivity contribution in [2.75, 3.05) is 0 Å². The van der Waals surface area contributed by atoms with Crippen LogP contribution in [0.3, 0.4) is 0 Å². The summed E-state index contributed by atoms with van der Waals surface area (Å²) in [6.45, 7) is 4.23. The lowest BCUT2D eigenvalue weighted by Crippen LogP contribution is -2.67. The second-order valence-corrected chi connectivity index (χ2v) is 8.12. The zero-order chi connectivity index (χ0) is 16.2. The number of rotatable bonds is 1. The number of carbonyl (C=O) groups excluding carboxylic acids is 4. The largest absolute Gasteiger partial charge is 0.393 e. The Bertz CT molecular complexity index is 664. The summed E-state index contributed by atoms with van der Waals surface area (Å²) in [5, 5.41) is 0. The summed E-state index contributed by atoms with van der Waals surface area (Å²) in [7, 11) is 0. The molecule has 2 bridgehead atoms. The van der Waals surface area contributed by atoms with E-state index in [1.807, 2.05) is 0 Å². The Hall–Kier alpha value is -1.72. The van der Waals surface area contributed by atoms with E-state index < -0.39 is 47.5 Å². The van der Waals surface area contributed by atoms with Crippen molar-refractivity contribution < 1.29 is 28.7 Å². The third-order valence-corrected chi connectivity index (χ3v) is 7.25. The van der Waals surface area contributed by atoms with E-state index in [4.69, 9.17) is 9.47 Å². The molecule has 0 aromatic rings. The van der Waals surface area contributed by atoms with E-state index in [-0.39, 0.29) is 29.6 Å². The standard InChI is InChI=1S/C17H18O6/c1-4(2)5-3-6-8-10(13-12(8)16(20)23-17(13)21)7(5)11-9(6)14(18)22-15(11)19/h4-13H,3H2,1-2H3. The number of carbonyl (C=O) groups is 4. The van der Waals surface area contributed by atoms with Crippen molar-refractivity contribution in [3.63, 3.8) is 0 Å². The van der Waals surface area contributed by atoms with Crippen molar-refractivity contribution in [2.24, 2.45) is 59.2 Å². The van der Waals surface area contributed by atoms with Gasteiger partial charge in [-0.3, -0.25) is 19.2 Å². The maximum atomic E-state index is 12.3. The topological polar surface area (TPSA) is 86.7 Å². The minimum absolute atomic E-state index is 0.00125. The van der Waals surface area contributed by atoms with Gasteiger partial charge in [0.05, 0.1) is 23.7 Å². The summed E-state index contributed by atoms with van der Waals surface area (Å²) in [6, 6.07) is 0. The summed E-state index contributed by atoms with van der Waals surface area (Å²) >= 11 is 0. The molecule has 9 atom stereocenters. The normalized spacial score (nSPS) is 52.7. The van der Waals surface area contributed by atoms with E-state index in [2.05, 4.69) is 13.8 Å².